The summed E-state index contributed by atoms with van der Waals surface area (Å²) in [5.74, 6) is -0.243. The largest absolute Gasteiger partial charge is 0.469 e. The zero-order valence-electron chi connectivity index (χ0n) is 11.9. The first-order valence-corrected chi connectivity index (χ1v) is 6.54. The van der Waals surface area contributed by atoms with E-state index in [0.717, 1.165) is 17.5 Å². The first kappa shape index (κ1) is 15.7. The van der Waals surface area contributed by atoms with Crippen LogP contribution in [0.15, 0.2) is 24.3 Å². The lowest BCUT2D eigenvalue weighted by molar-refractivity contribution is -0.139. The van der Waals surface area contributed by atoms with Crippen molar-refractivity contribution in [1.29, 1.82) is 0 Å². The molecule has 1 aromatic rings. The fraction of sp³-hybridized carbons (Fsp3) is 0.533. The standard InChI is InChI=1S/C15H23NO3/c1-4-15(2,11-17)16-10-13-8-6-5-7-12(13)9-14(18)19-3/h5-8,16-17H,4,9-11H2,1-3H3. The second-order valence-corrected chi connectivity index (χ2v) is 4.95. The lowest BCUT2D eigenvalue weighted by Gasteiger charge is -2.27. The number of carbonyl (C=O) groups is 1. The van der Waals surface area contributed by atoms with Gasteiger partial charge in [-0.1, -0.05) is 31.2 Å². The van der Waals surface area contributed by atoms with Crippen LogP contribution in [0, 0.1) is 0 Å². The van der Waals surface area contributed by atoms with Gasteiger partial charge in [0.1, 0.15) is 0 Å². The molecule has 2 N–H and O–H groups in total. The number of aliphatic hydroxyl groups excluding tert-OH is 1. The number of nitrogens with one attached hydrogen (secondary N) is 1. The molecule has 19 heavy (non-hydrogen) atoms. The van der Waals surface area contributed by atoms with Gasteiger partial charge in [0.25, 0.3) is 0 Å². The van der Waals surface area contributed by atoms with Gasteiger partial charge in [0.05, 0.1) is 20.1 Å². The third-order valence-corrected chi connectivity index (χ3v) is 3.52. The van der Waals surface area contributed by atoms with Crippen molar-refractivity contribution in [2.45, 2.75) is 38.8 Å². The summed E-state index contributed by atoms with van der Waals surface area (Å²) in [6.45, 7) is 4.72. The molecule has 0 heterocycles. The van der Waals surface area contributed by atoms with Crippen LogP contribution in [0.25, 0.3) is 0 Å². The van der Waals surface area contributed by atoms with Gasteiger partial charge >= 0.3 is 5.97 Å². The van der Waals surface area contributed by atoms with Crippen molar-refractivity contribution in [2.24, 2.45) is 0 Å². The summed E-state index contributed by atoms with van der Waals surface area (Å²) in [4.78, 5) is 11.4. The van der Waals surface area contributed by atoms with E-state index < -0.39 is 0 Å². The van der Waals surface area contributed by atoms with Crippen molar-refractivity contribution in [1.82, 2.24) is 5.32 Å². The fourth-order valence-corrected chi connectivity index (χ4v) is 1.73. The van der Waals surface area contributed by atoms with Crippen molar-refractivity contribution < 1.29 is 14.6 Å². The number of hydrogen-bond acceptors (Lipinski definition) is 4. The Kier molecular flexibility index (Phi) is 5.99. The predicted octanol–water partition coefficient (Wildman–Crippen LogP) is 1.65. The Balaban J connectivity index is 2.75. The highest BCUT2D eigenvalue weighted by atomic mass is 16.5. The number of benzene rings is 1. The van der Waals surface area contributed by atoms with Crippen LogP contribution in [0.2, 0.25) is 0 Å². The molecule has 0 radical (unpaired) electrons. The Labute approximate surface area is 114 Å². The van der Waals surface area contributed by atoms with E-state index in [-0.39, 0.29) is 24.5 Å². The van der Waals surface area contributed by atoms with E-state index in [1.165, 1.54) is 7.11 Å². The molecule has 1 rings (SSSR count). The summed E-state index contributed by atoms with van der Waals surface area (Å²) in [6.07, 6.45) is 1.11. The molecule has 0 aliphatic carbocycles. The van der Waals surface area contributed by atoms with Crippen molar-refractivity contribution in [3.05, 3.63) is 35.4 Å². The van der Waals surface area contributed by atoms with E-state index in [9.17, 15) is 9.90 Å². The molecule has 0 aliphatic rings. The van der Waals surface area contributed by atoms with E-state index >= 15 is 0 Å². The second-order valence-electron chi connectivity index (χ2n) is 4.95. The molecule has 1 atom stereocenters. The average Bonchev–Trinajstić information content (AvgIpc) is 2.45. The Morgan fingerprint density at radius 3 is 2.53 bits per heavy atom. The quantitative estimate of drug-likeness (QED) is 0.736. The molecule has 0 aromatic heterocycles. The lowest BCUT2D eigenvalue weighted by atomic mass is 9.98. The molecule has 0 fully saturated rings. The number of methoxy groups -OCH3 is 1. The number of hydrogen-bond donors (Lipinski definition) is 2. The number of esters is 1. The minimum absolute atomic E-state index is 0.0860. The molecular weight excluding hydrogens is 242 g/mol. The van der Waals surface area contributed by atoms with Crippen LogP contribution in [0.1, 0.15) is 31.4 Å². The normalized spacial score (nSPS) is 13.9. The van der Waals surface area contributed by atoms with Crippen molar-refractivity contribution in [3.63, 3.8) is 0 Å². The van der Waals surface area contributed by atoms with Gasteiger partial charge in [-0.3, -0.25) is 4.79 Å². The monoisotopic (exact) mass is 265 g/mol. The maximum atomic E-state index is 11.4. The Hall–Kier alpha value is -1.39. The van der Waals surface area contributed by atoms with E-state index in [1.54, 1.807) is 0 Å². The van der Waals surface area contributed by atoms with Crippen molar-refractivity contribution in [2.75, 3.05) is 13.7 Å². The smallest absolute Gasteiger partial charge is 0.309 e. The Bertz CT molecular complexity index is 414. The summed E-state index contributed by atoms with van der Waals surface area (Å²) in [6, 6.07) is 7.77. The summed E-state index contributed by atoms with van der Waals surface area (Å²) < 4.78 is 4.70. The summed E-state index contributed by atoms with van der Waals surface area (Å²) >= 11 is 0. The first-order valence-electron chi connectivity index (χ1n) is 6.54. The number of carbonyl (C=O) groups excluding carboxylic acids is 1. The molecular formula is C15H23NO3. The highest BCUT2D eigenvalue weighted by Gasteiger charge is 2.20. The topological polar surface area (TPSA) is 58.6 Å². The van der Waals surface area contributed by atoms with Gasteiger partial charge in [-0.15, -0.1) is 0 Å². The van der Waals surface area contributed by atoms with Gasteiger partial charge in [0, 0.05) is 12.1 Å². The zero-order valence-corrected chi connectivity index (χ0v) is 11.9. The zero-order chi connectivity index (χ0) is 14.3. The van der Waals surface area contributed by atoms with Gasteiger partial charge in [-0.2, -0.15) is 0 Å². The molecule has 4 heteroatoms. The molecule has 0 aliphatic heterocycles. The summed E-state index contributed by atoms with van der Waals surface area (Å²) in [5.41, 5.74) is 1.72. The van der Waals surface area contributed by atoms with Gasteiger partial charge < -0.3 is 15.2 Å². The van der Waals surface area contributed by atoms with E-state index in [1.807, 2.05) is 38.1 Å². The summed E-state index contributed by atoms with van der Waals surface area (Å²) in [7, 11) is 1.39. The van der Waals surface area contributed by atoms with E-state index in [0.29, 0.717) is 6.54 Å². The molecule has 0 saturated heterocycles. The Morgan fingerprint density at radius 1 is 1.37 bits per heavy atom. The van der Waals surface area contributed by atoms with Crippen LogP contribution in [0.5, 0.6) is 0 Å². The molecule has 1 aromatic carbocycles. The minimum atomic E-state index is -0.293. The minimum Gasteiger partial charge on any atom is -0.469 e. The van der Waals surface area contributed by atoms with Crippen molar-refractivity contribution >= 4 is 5.97 Å². The van der Waals surface area contributed by atoms with Crippen LogP contribution >= 0.6 is 0 Å². The van der Waals surface area contributed by atoms with Crippen LogP contribution < -0.4 is 5.32 Å². The SMILES string of the molecule is CCC(C)(CO)NCc1ccccc1CC(=O)OC. The number of aliphatic hydroxyl groups is 1. The number of ether oxygens (including phenoxy) is 1. The third kappa shape index (κ3) is 4.65. The Morgan fingerprint density at radius 2 is 2.00 bits per heavy atom. The van der Waals surface area contributed by atoms with Crippen LogP contribution in [-0.2, 0) is 22.5 Å². The van der Waals surface area contributed by atoms with E-state index in [4.69, 9.17) is 4.74 Å². The van der Waals surface area contributed by atoms with Gasteiger partial charge in [0.2, 0.25) is 0 Å². The first-order chi connectivity index (χ1) is 9.04. The maximum absolute atomic E-state index is 11.4. The van der Waals surface area contributed by atoms with Crippen LogP contribution in [0.3, 0.4) is 0 Å². The average molecular weight is 265 g/mol. The van der Waals surface area contributed by atoms with Crippen molar-refractivity contribution in [3.8, 4) is 0 Å². The highest BCUT2D eigenvalue weighted by molar-refractivity contribution is 5.72. The van der Waals surface area contributed by atoms with E-state index in [2.05, 4.69) is 5.32 Å². The predicted molar refractivity (Wildman–Crippen MR) is 74.8 cm³/mol. The highest BCUT2D eigenvalue weighted by Crippen LogP contribution is 2.14. The van der Waals surface area contributed by atoms with Crippen LogP contribution in [-0.4, -0.2) is 30.3 Å². The maximum Gasteiger partial charge on any atom is 0.309 e. The van der Waals surface area contributed by atoms with Gasteiger partial charge in [-0.25, -0.2) is 0 Å². The number of rotatable bonds is 7. The molecule has 106 valence electrons. The van der Waals surface area contributed by atoms with Gasteiger partial charge in [-0.05, 0) is 24.5 Å². The van der Waals surface area contributed by atoms with Crippen LogP contribution in [0.4, 0.5) is 0 Å². The fourth-order valence-electron chi connectivity index (χ4n) is 1.73. The molecule has 0 spiro atoms. The molecule has 0 saturated carbocycles. The second kappa shape index (κ2) is 7.26. The lowest BCUT2D eigenvalue weighted by Crippen LogP contribution is -2.44. The van der Waals surface area contributed by atoms with Gasteiger partial charge in [0.15, 0.2) is 0 Å². The summed E-state index contributed by atoms with van der Waals surface area (Å²) in [5, 5.41) is 12.7. The molecule has 0 bridgehead atoms. The molecule has 1 unspecified atom stereocenters. The third-order valence-electron chi connectivity index (χ3n) is 3.52. The molecule has 4 nitrogen and oxygen atoms in total. The molecule has 0 amide bonds.